The summed E-state index contributed by atoms with van der Waals surface area (Å²) in [5.41, 5.74) is 12.1. The number of pyridine rings is 1. The summed E-state index contributed by atoms with van der Waals surface area (Å²) in [6.07, 6.45) is 13.1. The molecular weight excluding hydrogens is 580 g/mol. The van der Waals surface area contributed by atoms with E-state index in [9.17, 15) is 5.26 Å². The van der Waals surface area contributed by atoms with Crippen LogP contribution in [0.4, 0.5) is 11.4 Å². The quantitative estimate of drug-likeness (QED) is 0.197. The number of benzene rings is 2. The summed E-state index contributed by atoms with van der Waals surface area (Å²) < 4.78 is 0. The maximum Gasteiger partial charge on any atom is 0.103 e. The van der Waals surface area contributed by atoms with Gasteiger partial charge < -0.3 is 16.1 Å². The zero-order chi connectivity index (χ0) is 31.6. The molecule has 3 heterocycles. The molecule has 0 amide bonds. The van der Waals surface area contributed by atoms with Crippen molar-refractivity contribution in [2.45, 2.75) is 102 Å². The van der Waals surface area contributed by atoms with E-state index < -0.39 is 0 Å². The van der Waals surface area contributed by atoms with Gasteiger partial charge in [0.15, 0.2) is 0 Å². The predicted octanol–water partition coefficient (Wildman–Crippen LogP) is 7.87. The molecule has 6 rings (SSSR count). The van der Waals surface area contributed by atoms with Crippen LogP contribution in [0.5, 0.6) is 0 Å². The Morgan fingerprint density at radius 3 is 2.44 bits per heavy atom. The molecule has 1 atom stereocenters. The molecule has 1 saturated carbocycles. The zero-order valence-corrected chi connectivity index (χ0v) is 27.8. The van der Waals surface area contributed by atoms with E-state index in [-0.39, 0.29) is 17.1 Å². The first kappa shape index (κ1) is 31.5. The second-order valence-corrected chi connectivity index (χ2v) is 14.6. The summed E-state index contributed by atoms with van der Waals surface area (Å²) in [7, 11) is 0. The fraction of sp³-hybridized carbons (Fsp3) is 0.500. The number of anilines is 2. The van der Waals surface area contributed by atoms with E-state index in [2.05, 4.69) is 107 Å². The molecular formula is C36H47ClN8. The largest absolute Gasteiger partial charge is 0.378 e. The van der Waals surface area contributed by atoms with Crippen molar-refractivity contribution in [1.82, 2.24) is 25.9 Å². The van der Waals surface area contributed by atoms with E-state index in [4.69, 9.17) is 11.6 Å². The highest BCUT2D eigenvalue weighted by molar-refractivity contribution is 6.35. The number of nitrogens with zero attached hydrogens (tertiary/aromatic N) is 4. The summed E-state index contributed by atoms with van der Waals surface area (Å²) in [6, 6.07) is 17.1. The lowest BCUT2D eigenvalue weighted by Crippen LogP contribution is -2.52. The number of fused-ring (bicyclic) bond motifs is 1. The number of piperidine rings is 1. The van der Waals surface area contributed by atoms with Gasteiger partial charge in [0.25, 0.3) is 0 Å². The Morgan fingerprint density at radius 1 is 1.07 bits per heavy atom. The van der Waals surface area contributed by atoms with Crippen molar-refractivity contribution >= 4 is 33.9 Å². The van der Waals surface area contributed by atoms with Crippen LogP contribution in [-0.4, -0.2) is 45.1 Å². The summed E-state index contributed by atoms with van der Waals surface area (Å²) in [4.78, 5) is 7.19. The van der Waals surface area contributed by atoms with Crippen molar-refractivity contribution in [3.05, 3.63) is 76.7 Å². The van der Waals surface area contributed by atoms with Crippen molar-refractivity contribution in [3.8, 4) is 6.07 Å². The third-order valence-corrected chi connectivity index (χ3v) is 10.1. The van der Waals surface area contributed by atoms with Crippen molar-refractivity contribution in [2.75, 3.05) is 23.7 Å². The minimum atomic E-state index is -0.158. The van der Waals surface area contributed by atoms with E-state index in [1.807, 2.05) is 12.1 Å². The second kappa shape index (κ2) is 13.1. The number of hydrogen-bond acceptors (Lipinski definition) is 8. The van der Waals surface area contributed by atoms with Gasteiger partial charge in [-0.25, -0.2) is 0 Å². The molecule has 3 aromatic rings. The molecule has 0 bridgehead atoms. The fourth-order valence-corrected chi connectivity index (χ4v) is 7.42. The highest BCUT2D eigenvalue weighted by atomic mass is 35.5. The summed E-state index contributed by atoms with van der Waals surface area (Å²) in [6.45, 7) is 11.3. The molecule has 2 aliphatic heterocycles. The van der Waals surface area contributed by atoms with Gasteiger partial charge in [-0.2, -0.15) is 5.26 Å². The molecule has 45 heavy (non-hydrogen) atoms. The number of hydrogen-bond donors (Lipinski definition) is 4. The average Bonchev–Trinajstić information content (AvgIpc) is 3.42. The Bertz CT molecular complexity index is 1560. The van der Waals surface area contributed by atoms with Crippen LogP contribution in [0.2, 0.25) is 5.02 Å². The van der Waals surface area contributed by atoms with Crippen molar-refractivity contribution in [2.24, 2.45) is 0 Å². The van der Waals surface area contributed by atoms with Crippen LogP contribution in [0.1, 0.15) is 96.2 Å². The first-order valence-electron chi connectivity index (χ1n) is 16.5. The van der Waals surface area contributed by atoms with Crippen LogP contribution < -0.4 is 21.6 Å². The van der Waals surface area contributed by atoms with Crippen LogP contribution in [0.3, 0.4) is 0 Å². The molecule has 1 aromatic heterocycles. The predicted molar refractivity (Wildman–Crippen MR) is 185 cm³/mol. The maximum atomic E-state index is 10.1. The van der Waals surface area contributed by atoms with E-state index in [0.717, 1.165) is 66.8 Å². The third kappa shape index (κ3) is 7.01. The van der Waals surface area contributed by atoms with Crippen LogP contribution in [0, 0.1) is 11.3 Å². The minimum Gasteiger partial charge on any atom is -0.378 e. The van der Waals surface area contributed by atoms with Crippen molar-refractivity contribution < 1.29 is 0 Å². The smallest absolute Gasteiger partial charge is 0.103 e. The molecule has 2 aromatic carbocycles. The van der Waals surface area contributed by atoms with Crippen LogP contribution >= 0.6 is 11.6 Å². The van der Waals surface area contributed by atoms with Gasteiger partial charge in [-0.05, 0) is 71.1 Å². The van der Waals surface area contributed by atoms with Crippen molar-refractivity contribution in [1.29, 1.82) is 5.26 Å². The number of hydrazine groups is 2. The maximum absolute atomic E-state index is 10.1. The van der Waals surface area contributed by atoms with Gasteiger partial charge in [-0.1, -0.05) is 67.6 Å². The molecule has 8 nitrogen and oxygen atoms in total. The molecule has 1 aliphatic carbocycles. The zero-order valence-electron chi connectivity index (χ0n) is 27.1. The molecule has 9 heteroatoms. The Hall–Kier alpha value is -3.51. The molecule has 4 N–H and O–H groups in total. The highest BCUT2D eigenvalue weighted by Gasteiger charge is 2.32. The number of nitriles is 1. The summed E-state index contributed by atoms with van der Waals surface area (Å²) in [5.74, 6) is 0. The lowest BCUT2D eigenvalue weighted by Gasteiger charge is -2.42. The molecule has 1 saturated heterocycles. The van der Waals surface area contributed by atoms with Gasteiger partial charge >= 0.3 is 0 Å². The second-order valence-electron chi connectivity index (χ2n) is 14.2. The van der Waals surface area contributed by atoms with Gasteiger partial charge in [0.1, 0.15) is 6.07 Å². The van der Waals surface area contributed by atoms with Gasteiger partial charge in [-0.15, -0.1) is 5.53 Å². The number of aromatic nitrogens is 1. The molecule has 3 aliphatic rings. The monoisotopic (exact) mass is 626 g/mol. The lowest BCUT2D eigenvalue weighted by molar-refractivity contribution is 0.0570. The number of halogens is 1. The highest BCUT2D eigenvalue weighted by Crippen LogP contribution is 2.39. The standard InChI is InChI=1S/C36H47ClN8/c1-35(2,3)44-18-14-28(15-19-44)45-24-31(42-43-45)33(25-12-8-7-9-13-25)40-27-20-29-32(41-36(4)16-10-5-6-11-17-36)26(22-38)23-39-34(29)30(37)21-27/h7-9,12-13,20-21,23-24,28,33,40,42-43H,5-6,10-11,14-19H2,1-4H3,(H,39,41)/t33-/m0/s1. The topological polar surface area (TPSA) is 91.3 Å². The molecule has 2 fully saturated rings. The van der Waals surface area contributed by atoms with Gasteiger partial charge in [-0.3, -0.25) is 14.9 Å². The number of rotatable bonds is 7. The number of likely N-dealkylation sites (tertiary alicyclic amines) is 1. The normalized spacial score (nSPS) is 20.2. The fourth-order valence-electron chi connectivity index (χ4n) is 7.15. The SMILES string of the molecule is CC1(Nc2c(C#N)cnc3c(Cl)cc(N[C@H](C4=CN(C5CCN(C(C)(C)C)CC5)NN4)c4ccccc4)cc23)CCCCCC1. The molecule has 0 spiro atoms. The Morgan fingerprint density at radius 2 is 1.78 bits per heavy atom. The van der Waals surface area contributed by atoms with Gasteiger partial charge in [0.05, 0.1) is 33.5 Å². The molecule has 0 radical (unpaired) electrons. The molecule has 0 unspecified atom stereocenters. The Labute approximate surface area is 273 Å². The van der Waals surface area contributed by atoms with Crippen LogP contribution in [0.15, 0.2) is 60.6 Å². The van der Waals surface area contributed by atoms with E-state index >= 15 is 0 Å². The summed E-state index contributed by atoms with van der Waals surface area (Å²) in [5, 5.41) is 21.3. The van der Waals surface area contributed by atoms with Crippen molar-refractivity contribution in [3.63, 3.8) is 0 Å². The minimum absolute atomic E-state index is 0.0877. The van der Waals surface area contributed by atoms with E-state index in [0.29, 0.717) is 22.1 Å². The third-order valence-electron chi connectivity index (χ3n) is 9.85. The average molecular weight is 627 g/mol. The number of nitrogens with one attached hydrogen (secondary N) is 4. The summed E-state index contributed by atoms with van der Waals surface area (Å²) >= 11 is 6.92. The first-order valence-corrected chi connectivity index (χ1v) is 16.9. The van der Waals surface area contributed by atoms with Gasteiger partial charge in [0.2, 0.25) is 0 Å². The first-order chi connectivity index (χ1) is 21.6. The van der Waals surface area contributed by atoms with E-state index in [1.54, 1.807) is 6.20 Å². The van der Waals surface area contributed by atoms with E-state index in [1.165, 1.54) is 25.7 Å². The Balaban J connectivity index is 1.31. The van der Waals surface area contributed by atoms with Crippen LogP contribution in [-0.2, 0) is 0 Å². The lowest BCUT2D eigenvalue weighted by atomic mass is 9.91. The molecule has 238 valence electrons. The van der Waals surface area contributed by atoms with Gasteiger partial charge in [0, 0.05) is 53.7 Å². The Kier molecular flexibility index (Phi) is 9.15. The van der Waals surface area contributed by atoms with Crippen LogP contribution in [0.25, 0.3) is 10.9 Å².